The molecule has 0 spiro atoms. The molecule has 0 saturated carbocycles. The molecule has 0 aliphatic carbocycles. The Hall–Kier alpha value is -1.35. The van der Waals surface area contributed by atoms with Crippen molar-refractivity contribution in [2.24, 2.45) is 0 Å². The Morgan fingerprint density at radius 2 is 1.87 bits per heavy atom. The summed E-state index contributed by atoms with van der Waals surface area (Å²) in [7, 11) is 0. The van der Waals surface area contributed by atoms with Crippen LogP contribution in [0.5, 0.6) is 0 Å². The molecule has 1 heterocycles. The van der Waals surface area contributed by atoms with Gasteiger partial charge in [0.2, 0.25) is 0 Å². The highest BCUT2D eigenvalue weighted by molar-refractivity contribution is 9.08. The normalized spacial score (nSPS) is 10.2. The lowest BCUT2D eigenvalue weighted by Gasteiger charge is -2.09. The second-order valence-corrected chi connectivity index (χ2v) is 3.78. The first-order valence-corrected chi connectivity index (χ1v) is 5.80. The molecule has 2 rings (SSSR count). The first-order chi connectivity index (χ1) is 7.33. The van der Waals surface area contributed by atoms with E-state index < -0.39 is 0 Å². The van der Waals surface area contributed by atoms with Crippen LogP contribution in [0.25, 0.3) is 11.1 Å². The Kier molecular flexibility index (Phi) is 3.02. The van der Waals surface area contributed by atoms with Crippen molar-refractivity contribution in [2.75, 3.05) is 5.73 Å². The van der Waals surface area contributed by atoms with Gasteiger partial charge in [-0.1, -0.05) is 46.3 Å². The van der Waals surface area contributed by atoms with Crippen molar-refractivity contribution in [1.82, 2.24) is 4.98 Å². The number of aromatic nitrogens is 1. The number of anilines is 1. The molecule has 0 aliphatic heterocycles. The second-order valence-electron chi connectivity index (χ2n) is 3.22. The van der Waals surface area contributed by atoms with Gasteiger partial charge < -0.3 is 5.73 Å². The van der Waals surface area contributed by atoms with Crippen molar-refractivity contribution in [1.29, 1.82) is 0 Å². The predicted molar refractivity (Wildman–Crippen MR) is 66.7 cm³/mol. The number of benzene rings is 1. The summed E-state index contributed by atoms with van der Waals surface area (Å²) >= 11 is 3.42. The minimum atomic E-state index is 0.711. The highest BCUT2D eigenvalue weighted by Crippen LogP contribution is 2.29. The topological polar surface area (TPSA) is 38.9 Å². The largest absolute Gasteiger partial charge is 0.398 e. The molecule has 15 heavy (non-hydrogen) atoms. The van der Waals surface area contributed by atoms with Gasteiger partial charge in [-0.3, -0.25) is 4.98 Å². The van der Waals surface area contributed by atoms with Crippen molar-refractivity contribution in [3.05, 3.63) is 48.3 Å². The lowest BCUT2D eigenvalue weighted by Crippen LogP contribution is -1.96. The van der Waals surface area contributed by atoms with Gasteiger partial charge in [0.05, 0.1) is 5.69 Å². The quantitative estimate of drug-likeness (QED) is 0.845. The van der Waals surface area contributed by atoms with E-state index in [1.807, 2.05) is 36.4 Å². The van der Waals surface area contributed by atoms with Crippen molar-refractivity contribution < 1.29 is 0 Å². The molecule has 0 saturated heterocycles. The Balaban J connectivity index is 2.61. The number of nitrogen functional groups attached to an aromatic ring is 1. The van der Waals surface area contributed by atoms with Crippen LogP contribution in [0, 0.1) is 0 Å². The minimum absolute atomic E-state index is 0.711. The summed E-state index contributed by atoms with van der Waals surface area (Å²) < 4.78 is 0. The average molecular weight is 263 g/mol. The van der Waals surface area contributed by atoms with Crippen LogP contribution >= 0.6 is 15.9 Å². The summed E-state index contributed by atoms with van der Waals surface area (Å²) in [6.07, 6.45) is 1.73. The predicted octanol–water partition coefficient (Wildman–Crippen LogP) is 3.23. The van der Waals surface area contributed by atoms with Gasteiger partial charge in [0.25, 0.3) is 0 Å². The molecule has 76 valence electrons. The summed E-state index contributed by atoms with van der Waals surface area (Å²) in [6.45, 7) is 0. The molecule has 0 bridgehead atoms. The fourth-order valence-electron chi connectivity index (χ4n) is 1.56. The lowest BCUT2D eigenvalue weighted by atomic mass is 10.0. The molecule has 2 nitrogen and oxygen atoms in total. The van der Waals surface area contributed by atoms with E-state index >= 15 is 0 Å². The summed E-state index contributed by atoms with van der Waals surface area (Å²) in [4.78, 5) is 4.31. The number of alkyl halides is 1. The third kappa shape index (κ3) is 2.02. The van der Waals surface area contributed by atoms with Crippen LogP contribution in [-0.2, 0) is 5.33 Å². The van der Waals surface area contributed by atoms with Crippen LogP contribution in [0.15, 0.2) is 42.6 Å². The van der Waals surface area contributed by atoms with Crippen molar-refractivity contribution in [3.8, 4) is 11.1 Å². The number of rotatable bonds is 2. The SMILES string of the molecule is Nc1ccnc(CBr)c1-c1ccccc1. The van der Waals surface area contributed by atoms with E-state index in [0.29, 0.717) is 5.33 Å². The maximum absolute atomic E-state index is 5.97. The first-order valence-electron chi connectivity index (χ1n) is 4.67. The molecule has 0 unspecified atom stereocenters. The molecule has 2 N–H and O–H groups in total. The highest BCUT2D eigenvalue weighted by atomic mass is 79.9. The number of nitrogens with zero attached hydrogens (tertiary/aromatic N) is 1. The Labute approximate surface area is 97.3 Å². The van der Waals surface area contributed by atoms with Gasteiger partial charge in [-0.05, 0) is 11.6 Å². The van der Waals surface area contributed by atoms with E-state index in [0.717, 1.165) is 22.5 Å². The molecule has 1 aromatic carbocycles. The molecule has 0 atom stereocenters. The number of halogens is 1. The first kappa shape index (κ1) is 10.2. The summed E-state index contributed by atoms with van der Waals surface area (Å²) in [5.41, 5.74) is 9.84. The minimum Gasteiger partial charge on any atom is -0.398 e. The van der Waals surface area contributed by atoms with Crippen LogP contribution in [-0.4, -0.2) is 4.98 Å². The monoisotopic (exact) mass is 262 g/mol. The van der Waals surface area contributed by atoms with Crippen LogP contribution < -0.4 is 5.73 Å². The van der Waals surface area contributed by atoms with E-state index in [1.165, 1.54) is 0 Å². The van der Waals surface area contributed by atoms with Gasteiger partial charge in [-0.25, -0.2) is 0 Å². The zero-order chi connectivity index (χ0) is 10.7. The maximum atomic E-state index is 5.97. The van der Waals surface area contributed by atoms with Gasteiger partial charge in [-0.2, -0.15) is 0 Å². The van der Waals surface area contributed by atoms with Crippen LogP contribution in [0.1, 0.15) is 5.69 Å². The third-order valence-electron chi connectivity index (χ3n) is 2.25. The molecular weight excluding hydrogens is 252 g/mol. The average Bonchev–Trinajstić information content (AvgIpc) is 2.29. The number of nitrogens with two attached hydrogens (primary N) is 1. The lowest BCUT2D eigenvalue weighted by molar-refractivity contribution is 1.19. The highest BCUT2D eigenvalue weighted by Gasteiger charge is 2.08. The number of pyridine rings is 1. The molecule has 0 fully saturated rings. The van der Waals surface area contributed by atoms with Gasteiger partial charge >= 0.3 is 0 Å². The van der Waals surface area contributed by atoms with Crippen molar-refractivity contribution >= 4 is 21.6 Å². The van der Waals surface area contributed by atoms with E-state index in [4.69, 9.17) is 5.73 Å². The van der Waals surface area contributed by atoms with Crippen LogP contribution in [0.3, 0.4) is 0 Å². The van der Waals surface area contributed by atoms with E-state index in [1.54, 1.807) is 6.20 Å². The van der Waals surface area contributed by atoms with E-state index in [2.05, 4.69) is 20.9 Å². The Bertz CT molecular complexity index is 454. The van der Waals surface area contributed by atoms with Crippen molar-refractivity contribution in [3.63, 3.8) is 0 Å². The Morgan fingerprint density at radius 1 is 1.13 bits per heavy atom. The second kappa shape index (κ2) is 4.45. The third-order valence-corrected chi connectivity index (χ3v) is 2.78. The van der Waals surface area contributed by atoms with Crippen LogP contribution in [0.2, 0.25) is 0 Å². The van der Waals surface area contributed by atoms with Gasteiger partial charge in [-0.15, -0.1) is 0 Å². The van der Waals surface area contributed by atoms with Gasteiger partial charge in [0.15, 0.2) is 0 Å². The molecular formula is C12H11BrN2. The molecule has 1 aromatic heterocycles. The number of hydrogen-bond donors (Lipinski definition) is 1. The Morgan fingerprint density at radius 3 is 2.53 bits per heavy atom. The summed E-state index contributed by atoms with van der Waals surface area (Å²) in [5, 5.41) is 0.711. The molecule has 0 amide bonds. The molecule has 2 aromatic rings. The number of hydrogen-bond acceptors (Lipinski definition) is 2. The standard InChI is InChI=1S/C12H11BrN2/c13-8-11-12(10(14)6-7-15-11)9-4-2-1-3-5-9/h1-7H,8H2,(H2,14,15). The van der Waals surface area contributed by atoms with Gasteiger partial charge in [0, 0.05) is 22.8 Å². The van der Waals surface area contributed by atoms with E-state index in [-0.39, 0.29) is 0 Å². The van der Waals surface area contributed by atoms with Gasteiger partial charge in [0.1, 0.15) is 0 Å². The fourth-order valence-corrected chi connectivity index (χ4v) is 1.99. The summed E-state index contributed by atoms with van der Waals surface area (Å²) in [5.74, 6) is 0. The zero-order valence-corrected chi connectivity index (χ0v) is 9.74. The molecule has 0 radical (unpaired) electrons. The van der Waals surface area contributed by atoms with E-state index in [9.17, 15) is 0 Å². The van der Waals surface area contributed by atoms with Crippen LogP contribution in [0.4, 0.5) is 5.69 Å². The van der Waals surface area contributed by atoms with Crippen molar-refractivity contribution in [2.45, 2.75) is 5.33 Å². The maximum Gasteiger partial charge on any atom is 0.0608 e. The summed E-state index contributed by atoms with van der Waals surface area (Å²) in [6, 6.07) is 11.9. The zero-order valence-electron chi connectivity index (χ0n) is 8.15. The molecule has 0 aliphatic rings. The fraction of sp³-hybridized carbons (Fsp3) is 0.0833. The molecule has 3 heteroatoms. The smallest absolute Gasteiger partial charge is 0.0608 e.